The lowest BCUT2D eigenvalue weighted by Gasteiger charge is -2.52. The largest absolute Gasteiger partial charge is 0.510 e. The number of carbonyl (C=O) groups excluding carboxylic acids is 3. The first-order valence-corrected chi connectivity index (χ1v) is 15.1. The van der Waals surface area contributed by atoms with Gasteiger partial charge in [0, 0.05) is 44.4 Å². The predicted octanol–water partition coefficient (Wildman–Crippen LogP) is 1.62. The summed E-state index contributed by atoms with van der Waals surface area (Å²) in [5.41, 5.74) is -3.71. The van der Waals surface area contributed by atoms with Crippen molar-refractivity contribution in [1.82, 2.24) is 14.9 Å². The number of hydrogen-bond acceptors (Lipinski definition) is 11. The summed E-state index contributed by atoms with van der Waals surface area (Å²) >= 11 is 0. The number of hydrogen-bond donors (Lipinski definition) is 3. The second kappa shape index (κ2) is 12.9. The molecule has 0 saturated carbocycles. The second-order valence-corrected chi connectivity index (χ2v) is 12.3. The van der Waals surface area contributed by atoms with Gasteiger partial charge in [-0.2, -0.15) is 0 Å². The Kier molecular flexibility index (Phi) is 9.63. The number of nitrogens with zero attached hydrogens (tertiary/aromatic N) is 3. The van der Waals surface area contributed by atoms with Gasteiger partial charge in [-0.3, -0.25) is 33.2 Å². The number of pyridine rings is 1. The van der Waals surface area contributed by atoms with Crippen molar-refractivity contribution in [2.45, 2.75) is 38.6 Å². The quantitative estimate of drug-likeness (QED) is 0.193. The third-order valence-electron chi connectivity index (χ3n) is 7.07. The van der Waals surface area contributed by atoms with Gasteiger partial charge >= 0.3 is 13.8 Å². The Bertz CT molecular complexity index is 1560. The zero-order valence-corrected chi connectivity index (χ0v) is 24.8. The molecule has 3 N–H and O–H groups in total. The summed E-state index contributed by atoms with van der Waals surface area (Å²) in [5.74, 6) is -4.66. The monoisotopic (exact) mass is 644 g/mol. The molecule has 2 aromatic rings. The summed E-state index contributed by atoms with van der Waals surface area (Å²) in [6.07, 6.45) is -1.02. The topological polar surface area (TPSA) is 186 Å². The smallest absolute Gasteiger partial charge is 0.502 e. The maximum atomic E-state index is 14.1. The van der Waals surface area contributed by atoms with Gasteiger partial charge in [0.05, 0.1) is 25.5 Å². The number of nitrogens with one attached hydrogen (secondary N) is 1. The molecule has 1 unspecified atom stereocenters. The Labute approximate surface area is 249 Å². The summed E-state index contributed by atoms with van der Waals surface area (Å²) in [6, 6.07) is 2.72. The first-order valence-electron chi connectivity index (χ1n) is 13.3. The number of aromatic hydroxyl groups is 1. The Hall–Kier alpha value is -4.05. The van der Waals surface area contributed by atoms with Crippen LogP contribution in [0, 0.1) is 11.6 Å². The second-order valence-electron chi connectivity index (χ2n) is 10.3. The molecule has 1 saturated heterocycles. The number of likely N-dealkylation sites (N-methyl/N-ethyl adjacent to an activating group) is 1. The summed E-state index contributed by atoms with van der Waals surface area (Å²) < 4.78 is 61.0. The van der Waals surface area contributed by atoms with Crippen molar-refractivity contribution >= 4 is 25.6 Å². The van der Waals surface area contributed by atoms with Gasteiger partial charge in [0.1, 0.15) is 17.2 Å². The van der Waals surface area contributed by atoms with E-state index < -0.39 is 90.9 Å². The molecule has 2 aliphatic heterocycles. The molecule has 18 heteroatoms. The van der Waals surface area contributed by atoms with Crippen LogP contribution in [0.25, 0.3) is 0 Å². The van der Waals surface area contributed by atoms with Crippen molar-refractivity contribution in [3.63, 3.8) is 0 Å². The van der Waals surface area contributed by atoms with Gasteiger partial charge in [-0.1, -0.05) is 6.07 Å². The minimum absolute atomic E-state index is 0.0757. The van der Waals surface area contributed by atoms with Crippen molar-refractivity contribution in [2.75, 3.05) is 44.8 Å². The lowest BCUT2D eigenvalue weighted by molar-refractivity contribution is -0.0109. The highest BCUT2D eigenvalue weighted by atomic mass is 31.2. The van der Waals surface area contributed by atoms with Gasteiger partial charge in [0.15, 0.2) is 17.1 Å². The fourth-order valence-electron chi connectivity index (χ4n) is 4.79. The van der Waals surface area contributed by atoms with Crippen molar-refractivity contribution in [2.24, 2.45) is 0 Å². The molecule has 4 rings (SSSR count). The van der Waals surface area contributed by atoms with Gasteiger partial charge in [-0.15, -0.1) is 0 Å². The number of ether oxygens (including phenoxy) is 3. The SMILES string of the molecule is CC(C)OC(=O)OCOP(=O)(O)CCN1n2cc(C(=O)NCc3ccc(F)cc3F)c(=O)c(O)c2C(=O)N(C)[C@@]12CCOC2. The molecule has 0 radical (unpaired) electrons. The Balaban J connectivity index is 1.63. The maximum absolute atomic E-state index is 14.1. The fourth-order valence-corrected chi connectivity index (χ4v) is 5.58. The first kappa shape index (κ1) is 32.9. The number of carbonyl (C=O) groups is 3. The van der Waals surface area contributed by atoms with Crippen LogP contribution in [0.3, 0.4) is 0 Å². The number of fused-ring (bicyclic) bond motifs is 1. The van der Waals surface area contributed by atoms with E-state index in [1.807, 2.05) is 0 Å². The number of aromatic nitrogens is 1. The van der Waals surface area contributed by atoms with Crippen LogP contribution in [-0.2, 0) is 29.8 Å². The predicted molar refractivity (Wildman–Crippen MR) is 147 cm³/mol. The molecule has 2 amide bonds. The molecule has 1 aromatic heterocycles. The van der Waals surface area contributed by atoms with Gasteiger partial charge in [0.25, 0.3) is 11.8 Å². The van der Waals surface area contributed by atoms with Gasteiger partial charge in [-0.05, 0) is 19.9 Å². The Morgan fingerprint density at radius 2 is 1.98 bits per heavy atom. The van der Waals surface area contributed by atoms with Crippen LogP contribution in [0.2, 0.25) is 0 Å². The van der Waals surface area contributed by atoms with Gasteiger partial charge in [-0.25, -0.2) is 13.6 Å². The van der Waals surface area contributed by atoms with Gasteiger partial charge < -0.3 is 34.4 Å². The minimum Gasteiger partial charge on any atom is -0.502 e. The summed E-state index contributed by atoms with van der Waals surface area (Å²) in [5, 5.41) is 14.5. The lowest BCUT2D eigenvalue weighted by Crippen LogP contribution is -2.70. The Morgan fingerprint density at radius 3 is 2.61 bits per heavy atom. The molecule has 3 heterocycles. The van der Waals surface area contributed by atoms with Crippen molar-refractivity contribution < 1.29 is 56.5 Å². The van der Waals surface area contributed by atoms with Crippen LogP contribution in [0.1, 0.15) is 46.7 Å². The fraction of sp³-hybridized carbons (Fsp3) is 0.462. The molecule has 2 aliphatic rings. The van der Waals surface area contributed by atoms with E-state index in [9.17, 15) is 42.5 Å². The van der Waals surface area contributed by atoms with E-state index in [4.69, 9.17) is 14.0 Å². The first-order chi connectivity index (χ1) is 20.7. The van der Waals surface area contributed by atoms with E-state index in [2.05, 4.69) is 10.1 Å². The van der Waals surface area contributed by atoms with Gasteiger partial charge in [0.2, 0.25) is 12.2 Å². The standard InChI is InChI=1S/C26H31F2N4O11P/c1-15(2)43-25(37)41-14-42-44(38,39)9-7-32-26(6-8-40-13-26)30(3)24(36)20-22(34)21(33)18(12-31(20)32)23(35)29-11-16-4-5-17(27)10-19(16)28/h4-5,10,12,15,34H,6-9,11,13-14H2,1-3H3,(H,29,35)(H,38,39)/t26-/m0/s1. The highest BCUT2D eigenvalue weighted by Crippen LogP contribution is 2.43. The molecular formula is C26H31F2N4O11P. The van der Waals surface area contributed by atoms with Crippen LogP contribution >= 0.6 is 7.60 Å². The van der Waals surface area contributed by atoms with Crippen LogP contribution in [0.4, 0.5) is 13.6 Å². The van der Waals surface area contributed by atoms with E-state index >= 15 is 0 Å². The van der Waals surface area contributed by atoms with E-state index in [0.717, 1.165) is 23.0 Å². The molecule has 0 bridgehead atoms. The van der Waals surface area contributed by atoms with E-state index in [0.29, 0.717) is 6.07 Å². The third-order valence-corrected chi connectivity index (χ3v) is 8.35. The molecule has 240 valence electrons. The highest BCUT2D eigenvalue weighted by molar-refractivity contribution is 7.52. The van der Waals surface area contributed by atoms with Crippen molar-refractivity contribution in [3.8, 4) is 5.75 Å². The summed E-state index contributed by atoms with van der Waals surface area (Å²) in [7, 11) is -3.06. The summed E-state index contributed by atoms with van der Waals surface area (Å²) in [6.45, 7) is 1.58. The summed E-state index contributed by atoms with van der Waals surface area (Å²) in [4.78, 5) is 62.7. The van der Waals surface area contributed by atoms with Crippen LogP contribution in [-0.4, -0.2) is 89.1 Å². The van der Waals surface area contributed by atoms with Crippen LogP contribution in [0.5, 0.6) is 5.75 Å². The number of rotatable bonds is 10. The Morgan fingerprint density at radius 1 is 1.25 bits per heavy atom. The van der Waals surface area contributed by atoms with E-state index in [1.54, 1.807) is 13.8 Å². The van der Waals surface area contributed by atoms with Crippen LogP contribution < -0.4 is 15.8 Å². The average molecular weight is 645 g/mol. The molecule has 0 aliphatic carbocycles. The number of halogens is 2. The molecule has 1 fully saturated rings. The molecule has 1 spiro atoms. The van der Waals surface area contributed by atoms with E-state index in [1.165, 1.54) is 17.0 Å². The molecule has 2 atom stereocenters. The minimum atomic E-state index is -4.46. The van der Waals surface area contributed by atoms with Crippen molar-refractivity contribution in [3.05, 3.63) is 63.1 Å². The molecule has 15 nitrogen and oxygen atoms in total. The zero-order valence-electron chi connectivity index (χ0n) is 23.9. The molecular weight excluding hydrogens is 613 g/mol. The van der Waals surface area contributed by atoms with Crippen molar-refractivity contribution in [1.29, 1.82) is 0 Å². The highest BCUT2D eigenvalue weighted by Gasteiger charge is 2.52. The molecule has 1 aromatic carbocycles. The zero-order chi connectivity index (χ0) is 32.4. The third kappa shape index (κ3) is 6.70. The number of amides is 2. The maximum Gasteiger partial charge on any atom is 0.510 e. The number of benzene rings is 1. The lowest BCUT2D eigenvalue weighted by atomic mass is 10.0. The van der Waals surface area contributed by atoms with E-state index in [-0.39, 0.29) is 31.7 Å². The average Bonchev–Trinajstić information content (AvgIpc) is 3.43. The normalized spacial score (nSPS) is 19.2. The molecule has 44 heavy (non-hydrogen) atoms. The van der Waals surface area contributed by atoms with Crippen LogP contribution in [0.15, 0.2) is 29.2 Å².